The van der Waals surface area contributed by atoms with E-state index in [0.717, 1.165) is 11.3 Å². The Morgan fingerprint density at radius 1 is 1.29 bits per heavy atom. The van der Waals surface area contributed by atoms with Gasteiger partial charge in [-0.05, 0) is 24.6 Å². The third-order valence-electron chi connectivity index (χ3n) is 2.65. The molecular weight excluding hydrogens is 221 g/mol. The molecule has 0 aliphatic carbocycles. The normalized spacial score (nSPS) is 10.8. The second-order valence-electron chi connectivity index (χ2n) is 3.76. The van der Waals surface area contributed by atoms with Gasteiger partial charge in [-0.25, -0.2) is 9.07 Å². The van der Waals surface area contributed by atoms with E-state index in [1.54, 1.807) is 16.8 Å². The predicted octanol–water partition coefficient (Wildman–Crippen LogP) is 1.52. The first-order valence-electron chi connectivity index (χ1n) is 5.51. The van der Waals surface area contributed by atoms with Gasteiger partial charge in [0.2, 0.25) is 0 Å². The largest absolute Gasteiger partial charge is 0.390 e. The van der Waals surface area contributed by atoms with Crippen molar-refractivity contribution in [1.29, 1.82) is 0 Å². The Kier molecular flexibility index (Phi) is 3.49. The maximum atomic E-state index is 12.8. The molecule has 4 nitrogen and oxygen atoms in total. The first kappa shape index (κ1) is 11.7. The molecule has 1 aromatic carbocycles. The van der Waals surface area contributed by atoms with Crippen molar-refractivity contribution in [3.8, 4) is 0 Å². The Hall–Kier alpha value is -1.75. The molecule has 0 saturated carbocycles. The van der Waals surface area contributed by atoms with E-state index in [-0.39, 0.29) is 12.4 Å². The fraction of sp³-hybridized carbons (Fsp3) is 0.333. The topological polar surface area (TPSA) is 50.9 Å². The zero-order valence-corrected chi connectivity index (χ0v) is 9.60. The number of halogens is 1. The SMILES string of the molecule is CCn1nnc(CO)c1Cc1ccc(F)cc1. The summed E-state index contributed by atoms with van der Waals surface area (Å²) in [6.45, 7) is 2.53. The summed E-state index contributed by atoms with van der Waals surface area (Å²) < 4.78 is 14.5. The number of aromatic nitrogens is 3. The molecule has 0 atom stereocenters. The second-order valence-corrected chi connectivity index (χ2v) is 3.76. The van der Waals surface area contributed by atoms with Crippen LogP contribution in [-0.4, -0.2) is 20.1 Å². The van der Waals surface area contributed by atoms with E-state index in [1.807, 2.05) is 6.92 Å². The summed E-state index contributed by atoms with van der Waals surface area (Å²) in [5.74, 6) is -0.252. The zero-order chi connectivity index (χ0) is 12.3. The lowest BCUT2D eigenvalue weighted by atomic mass is 10.1. The van der Waals surface area contributed by atoms with Crippen molar-refractivity contribution >= 4 is 0 Å². The highest BCUT2D eigenvalue weighted by Gasteiger charge is 2.11. The van der Waals surface area contributed by atoms with Gasteiger partial charge in [-0.1, -0.05) is 17.3 Å². The summed E-state index contributed by atoms with van der Waals surface area (Å²) >= 11 is 0. The van der Waals surface area contributed by atoms with E-state index < -0.39 is 0 Å². The van der Waals surface area contributed by atoms with Gasteiger partial charge in [-0.3, -0.25) is 0 Å². The summed E-state index contributed by atoms with van der Waals surface area (Å²) in [5, 5.41) is 17.0. The molecule has 0 aliphatic rings. The van der Waals surface area contributed by atoms with E-state index in [2.05, 4.69) is 10.3 Å². The Balaban J connectivity index is 2.28. The minimum atomic E-state index is -0.252. The summed E-state index contributed by atoms with van der Waals surface area (Å²) in [6, 6.07) is 6.30. The molecule has 5 heteroatoms. The number of hydrogen-bond acceptors (Lipinski definition) is 3. The summed E-state index contributed by atoms with van der Waals surface area (Å²) in [4.78, 5) is 0. The Morgan fingerprint density at radius 2 is 2.00 bits per heavy atom. The van der Waals surface area contributed by atoms with Crippen LogP contribution >= 0.6 is 0 Å². The number of aliphatic hydroxyl groups excluding tert-OH is 1. The van der Waals surface area contributed by atoms with Crippen LogP contribution in [0.3, 0.4) is 0 Å². The highest BCUT2D eigenvalue weighted by atomic mass is 19.1. The minimum Gasteiger partial charge on any atom is -0.390 e. The van der Waals surface area contributed by atoms with Crippen LogP contribution in [0.5, 0.6) is 0 Å². The van der Waals surface area contributed by atoms with Crippen LogP contribution in [0.1, 0.15) is 23.9 Å². The van der Waals surface area contributed by atoms with Gasteiger partial charge in [0.05, 0.1) is 12.3 Å². The van der Waals surface area contributed by atoms with E-state index in [0.29, 0.717) is 18.7 Å². The van der Waals surface area contributed by atoms with Gasteiger partial charge in [0, 0.05) is 13.0 Å². The number of aryl methyl sites for hydroxylation is 1. The number of aliphatic hydroxyl groups is 1. The fourth-order valence-corrected chi connectivity index (χ4v) is 1.73. The summed E-state index contributed by atoms with van der Waals surface area (Å²) in [5.41, 5.74) is 2.43. The van der Waals surface area contributed by atoms with Crippen molar-refractivity contribution < 1.29 is 9.50 Å². The van der Waals surface area contributed by atoms with Crippen LogP contribution in [0.2, 0.25) is 0 Å². The highest BCUT2D eigenvalue weighted by molar-refractivity contribution is 5.24. The summed E-state index contributed by atoms with van der Waals surface area (Å²) in [6.07, 6.45) is 0.594. The van der Waals surface area contributed by atoms with Crippen molar-refractivity contribution in [2.75, 3.05) is 0 Å². The lowest BCUT2D eigenvalue weighted by Crippen LogP contribution is -2.05. The Bertz CT molecular complexity index is 471. The van der Waals surface area contributed by atoms with Crippen molar-refractivity contribution in [1.82, 2.24) is 15.0 Å². The maximum absolute atomic E-state index is 12.8. The Morgan fingerprint density at radius 3 is 2.59 bits per heavy atom. The molecule has 2 rings (SSSR count). The molecule has 1 N–H and O–H groups in total. The van der Waals surface area contributed by atoms with E-state index in [9.17, 15) is 9.50 Å². The standard InChI is InChI=1S/C12H14FN3O/c1-2-16-12(11(8-17)14-15-16)7-9-3-5-10(13)6-4-9/h3-6,17H,2,7-8H2,1H3. The van der Waals surface area contributed by atoms with Gasteiger partial charge >= 0.3 is 0 Å². The smallest absolute Gasteiger partial charge is 0.123 e. The van der Waals surface area contributed by atoms with E-state index >= 15 is 0 Å². The van der Waals surface area contributed by atoms with Crippen LogP contribution in [-0.2, 0) is 19.6 Å². The van der Waals surface area contributed by atoms with Crippen molar-refractivity contribution in [3.63, 3.8) is 0 Å². The fourth-order valence-electron chi connectivity index (χ4n) is 1.73. The maximum Gasteiger partial charge on any atom is 0.123 e. The predicted molar refractivity (Wildman–Crippen MR) is 60.8 cm³/mol. The monoisotopic (exact) mass is 235 g/mol. The molecule has 0 amide bonds. The number of rotatable bonds is 4. The number of nitrogens with zero attached hydrogens (tertiary/aromatic N) is 3. The molecule has 0 saturated heterocycles. The zero-order valence-electron chi connectivity index (χ0n) is 9.60. The quantitative estimate of drug-likeness (QED) is 0.874. The first-order valence-corrected chi connectivity index (χ1v) is 5.51. The molecule has 0 radical (unpaired) electrons. The first-order chi connectivity index (χ1) is 8.24. The molecular formula is C12H14FN3O. The van der Waals surface area contributed by atoms with Gasteiger partial charge in [-0.15, -0.1) is 5.10 Å². The van der Waals surface area contributed by atoms with Gasteiger partial charge in [-0.2, -0.15) is 0 Å². The summed E-state index contributed by atoms with van der Waals surface area (Å²) in [7, 11) is 0. The molecule has 0 unspecified atom stereocenters. The Labute approximate surface area is 98.7 Å². The number of hydrogen-bond donors (Lipinski definition) is 1. The molecule has 0 aliphatic heterocycles. The van der Waals surface area contributed by atoms with E-state index in [4.69, 9.17) is 0 Å². The third-order valence-corrected chi connectivity index (χ3v) is 2.65. The third kappa shape index (κ3) is 2.50. The van der Waals surface area contributed by atoms with Crippen molar-refractivity contribution in [2.45, 2.75) is 26.5 Å². The van der Waals surface area contributed by atoms with Gasteiger partial charge in [0.1, 0.15) is 11.5 Å². The van der Waals surface area contributed by atoms with Gasteiger partial charge in [0.25, 0.3) is 0 Å². The average molecular weight is 235 g/mol. The van der Waals surface area contributed by atoms with Crippen LogP contribution in [0.4, 0.5) is 4.39 Å². The molecule has 0 bridgehead atoms. The second kappa shape index (κ2) is 5.05. The van der Waals surface area contributed by atoms with E-state index in [1.165, 1.54) is 12.1 Å². The molecule has 90 valence electrons. The lowest BCUT2D eigenvalue weighted by molar-refractivity contribution is 0.275. The van der Waals surface area contributed by atoms with Gasteiger partial charge < -0.3 is 5.11 Å². The van der Waals surface area contributed by atoms with Gasteiger partial charge in [0.15, 0.2) is 0 Å². The number of benzene rings is 1. The van der Waals surface area contributed by atoms with Crippen LogP contribution in [0.15, 0.2) is 24.3 Å². The molecule has 0 fully saturated rings. The van der Waals surface area contributed by atoms with Crippen LogP contribution in [0.25, 0.3) is 0 Å². The molecule has 1 heterocycles. The average Bonchev–Trinajstić information content (AvgIpc) is 2.74. The highest BCUT2D eigenvalue weighted by Crippen LogP contribution is 2.13. The van der Waals surface area contributed by atoms with Crippen molar-refractivity contribution in [2.24, 2.45) is 0 Å². The van der Waals surface area contributed by atoms with Crippen LogP contribution < -0.4 is 0 Å². The molecule has 1 aromatic heterocycles. The minimum absolute atomic E-state index is 0.128. The van der Waals surface area contributed by atoms with Crippen LogP contribution in [0, 0.1) is 5.82 Å². The molecule has 2 aromatic rings. The lowest BCUT2D eigenvalue weighted by Gasteiger charge is -2.05. The van der Waals surface area contributed by atoms with Crippen molar-refractivity contribution in [3.05, 3.63) is 47.0 Å². The molecule has 17 heavy (non-hydrogen) atoms. The molecule has 0 spiro atoms.